The van der Waals surface area contributed by atoms with Gasteiger partial charge in [0.05, 0.1) is 4.90 Å². The van der Waals surface area contributed by atoms with Gasteiger partial charge >= 0.3 is 0 Å². The zero-order valence-corrected chi connectivity index (χ0v) is 13.9. The number of hydrogen-bond donors (Lipinski definition) is 3. The summed E-state index contributed by atoms with van der Waals surface area (Å²) in [6.45, 7) is 0.314. The van der Waals surface area contributed by atoms with E-state index in [1.54, 1.807) is 18.2 Å². The molecule has 0 fully saturated rings. The number of nitrogens with one attached hydrogen (secondary N) is 3. The normalized spacial score (nSPS) is 11.5. The van der Waals surface area contributed by atoms with Crippen LogP contribution in [0.5, 0.6) is 0 Å². The molecule has 0 radical (unpaired) electrons. The Balaban J connectivity index is 1.68. The van der Waals surface area contributed by atoms with Crippen LogP contribution < -0.4 is 10.0 Å². The minimum atomic E-state index is -3.45. The summed E-state index contributed by atoms with van der Waals surface area (Å²) in [6.07, 6.45) is 0. The summed E-state index contributed by atoms with van der Waals surface area (Å²) in [4.78, 5) is 15.5. The van der Waals surface area contributed by atoms with Gasteiger partial charge < -0.3 is 10.3 Å². The van der Waals surface area contributed by atoms with Crippen LogP contribution in [-0.2, 0) is 16.6 Å². The molecule has 124 valence electrons. The molecular formula is C17H17N3O3S. The third-order valence-corrected chi connectivity index (χ3v) is 5.16. The molecule has 0 atom stereocenters. The maximum absolute atomic E-state index is 12.2. The standard InChI is InChI=1S/C17H17N3O3S/c1-18-24(22,23)14-8-6-12(7-9-14)11-19-17(21)16-10-13-4-2-3-5-15(13)20-16/h2-10,18,20H,11H2,1H3,(H,19,21). The lowest BCUT2D eigenvalue weighted by molar-refractivity contribution is 0.0946. The first kappa shape index (κ1) is 16.2. The Morgan fingerprint density at radius 1 is 1.08 bits per heavy atom. The second-order valence-corrected chi connectivity index (χ2v) is 7.19. The summed E-state index contributed by atoms with van der Waals surface area (Å²) < 4.78 is 25.6. The van der Waals surface area contributed by atoms with Gasteiger partial charge in [-0.2, -0.15) is 0 Å². The van der Waals surface area contributed by atoms with Crippen molar-refractivity contribution in [3.05, 3.63) is 65.9 Å². The highest BCUT2D eigenvalue weighted by Crippen LogP contribution is 2.15. The van der Waals surface area contributed by atoms with Crippen molar-refractivity contribution in [3.8, 4) is 0 Å². The Kier molecular flexibility index (Phi) is 4.37. The van der Waals surface area contributed by atoms with Crippen molar-refractivity contribution >= 4 is 26.8 Å². The molecule has 6 nitrogen and oxygen atoms in total. The van der Waals surface area contributed by atoms with E-state index in [2.05, 4.69) is 15.0 Å². The minimum absolute atomic E-state index is 0.190. The zero-order valence-electron chi connectivity index (χ0n) is 13.0. The molecule has 2 aromatic carbocycles. The Morgan fingerprint density at radius 3 is 2.46 bits per heavy atom. The fourth-order valence-electron chi connectivity index (χ4n) is 2.38. The number of carbonyl (C=O) groups excluding carboxylic acids is 1. The number of rotatable bonds is 5. The first-order chi connectivity index (χ1) is 11.5. The molecule has 0 unspecified atom stereocenters. The first-order valence-corrected chi connectivity index (χ1v) is 8.86. The van der Waals surface area contributed by atoms with Gasteiger partial charge in [0, 0.05) is 17.4 Å². The molecular weight excluding hydrogens is 326 g/mol. The number of hydrogen-bond acceptors (Lipinski definition) is 3. The molecule has 0 saturated carbocycles. The Morgan fingerprint density at radius 2 is 1.79 bits per heavy atom. The number of fused-ring (bicyclic) bond motifs is 1. The van der Waals surface area contributed by atoms with Gasteiger partial charge in [-0.1, -0.05) is 30.3 Å². The van der Waals surface area contributed by atoms with Crippen molar-refractivity contribution in [2.75, 3.05) is 7.05 Å². The van der Waals surface area contributed by atoms with Gasteiger partial charge in [-0.05, 0) is 36.9 Å². The van der Waals surface area contributed by atoms with Gasteiger partial charge in [-0.3, -0.25) is 4.79 Å². The molecule has 0 spiro atoms. The van der Waals surface area contributed by atoms with Gasteiger partial charge in [0.2, 0.25) is 10.0 Å². The van der Waals surface area contributed by atoms with Crippen LogP contribution in [0.2, 0.25) is 0 Å². The highest BCUT2D eigenvalue weighted by molar-refractivity contribution is 7.89. The van der Waals surface area contributed by atoms with Crippen LogP contribution in [0.15, 0.2) is 59.5 Å². The predicted molar refractivity (Wildman–Crippen MR) is 92.2 cm³/mol. The summed E-state index contributed by atoms with van der Waals surface area (Å²) in [5.41, 5.74) is 2.21. The highest BCUT2D eigenvalue weighted by Gasteiger charge is 2.11. The molecule has 3 rings (SSSR count). The van der Waals surface area contributed by atoms with Crippen molar-refractivity contribution in [2.45, 2.75) is 11.4 Å². The van der Waals surface area contributed by atoms with Gasteiger partial charge in [0.1, 0.15) is 5.69 Å². The molecule has 24 heavy (non-hydrogen) atoms. The molecule has 1 heterocycles. The van der Waals surface area contributed by atoms with Crippen molar-refractivity contribution in [1.82, 2.24) is 15.0 Å². The van der Waals surface area contributed by atoms with Crippen molar-refractivity contribution in [1.29, 1.82) is 0 Å². The molecule has 0 saturated heterocycles. The van der Waals surface area contributed by atoms with E-state index in [0.29, 0.717) is 12.2 Å². The molecule has 7 heteroatoms. The minimum Gasteiger partial charge on any atom is -0.351 e. The third-order valence-electron chi connectivity index (χ3n) is 3.73. The van der Waals surface area contributed by atoms with Crippen LogP contribution in [0.3, 0.4) is 0 Å². The summed E-state index contributed by atoms with van der Waals surface area (Å²) in [7, 11) is -2.08. The van der Waals surface area contributed by atoms with Crippen molar-refractivity contribution in [2.24, 2.45) is 0 Å². The fraction of sp³-hybridized carbons (Fsp3) is 0.118. The van der Waals surface area contributed by atoms with Crippen LogP contribution in [-0.4, -0.2) is 26.4 Å². The molecule has 0 aliphatic heterocycles. The number of amides is 1. The Labute approximate surface area is 139 Å². The van der Waals surface area contributed by atoms with Crippen LogP contribution in [0.4, 0.5) is 0 Å². The van der Waals surface area contributed by atoms with Crippen LogP contribution >= 0.6 is 0 Å². The summed E-state index contributed by atoms with van der Waals surface area (Å²) in [5.74, 6) is -0.210. The summed E-state index contributed by atoms with van der Waals surface area (Å²) in [5, 5.41) is 3.79. The zero-order chi connectivity index (χ0) is 17.2. The van der Waals surface area contributed by atoms with Gasteiger partial charge in [-0.15, -0.1) is 0 Å². The van der Waals surface area contributed by atoms with Crippen molar-refractivity contribution in [3.63, 3.8) is 0 Å². The quantitative estimate of drug-likeness (QED) is 0.662. The largest absolute Gasteiger partial charge is 0.351 e. The lowest BCUT2D eigenvalue weighted by atomic mass is 10.2. The molecule has 1 aromatic heterocycles. The number of para-hydroxylation sites is 1. The number of carbonyl (C=O) groups is 1. The van der Waals surface area contributed by atoms with E-state index in [9.17, 15) is 13.2 Å². The highest BCUT2D eigenvalue weighted by atomic mass is 32.2. The molecule has 0 aliphatic carbocycles. The van der Waals surface area contributed by atoms with Gasteiger partial charge in [-0.25, -0.2) is 13.1 Å². The van der Waals surface area contributed by atoms with E-state index in [1.165, 1.54) is 19.2 Å². The maximum atomic E-state index is 12.2. The second-order valence-electron chi connectivity index (χ2n) is 5.30. The van der Waals surface area contributed by atoms with E-state index in [-0.39, 0.29) is 10.8 Å². The Bertz CT molecular complexity index is 943. The molecule has 0 aliphatic rings. The van der Waals surface area contributed by atoms with E-state index in [1.807, 2.05) is 24.3 Å². The van der Waals surface area contributed by atoms with E-state index < -0.39 is 10.0 Å². The second kappa shape index (κ2) is 6.46. The van der Waals surface area contributed by atoms with Crippen molar-refractivity contribution < 1.29 is 13.2 Å². The average molecular weight is 343 g/mol. The molecule has 1 amide bonds. The number of sulfonamides is 1. The van der Waals surface area contributed by atoms with E-state index in [0.717, 1.165) is 16.5 Å². The molecule has 0 bridgehead atoms. The predicted octanol–water partition coefficient (Wildman–Crippen LogP) is 2.01. The first-order valence-electron chi connectivity index (χ1n) is 7.38. The Hall–Kier alpha value is -2.64. The monoisotopic (exact) mass is 343 g/mol. The topological polar surface area (TPSA) is 91.1 Å². The van der Waals surface area contributed by atoms with Crippen LogP contribution in [0, 0.1) is 0 Å². The number of benzene rings is 2. The van der Waals surface area contributed by atoms with E-state index >= 15 is 0 Å². The molecule has 3 aromatic rings. The lowest BCUT2D eigenvalue weighted by Crippen LogP contribution is -2.23. The SMILES string of the molecule is CNS(=O)(=O)c1ccc(CNC(=O)c2cc3ccccc3[nH]2)cc1. The number of aromatic amines is 1. The average Bonchev–Trinajstić information content (AvgIpc) is 3.04. The van der Waals surface area contributed by atoms with Gasteiger partial charge in [0.15, 0.2) is 0 Å². The fourth-order valence-corrected chi connectivity index (χ4v) is 3.11. The summed E-state index contributed by atoms with van der Waals surface area (Å²) >= 11 is 0. The third kappa shape index (κ3) is 3.32. The number of H-pyrrole nitrogens is 1. The lowest BCUT2D eigenvalue weighted by Gasteiger charge is -2.06. The van der Waals surface area contributed by atoms with Crippen LogP contribution in [0.1, 0.15) is 16.1 Å². The van der Waals surface area contributed by atoms with E-state index in [4.69, 9.17) is 0 Å². The van der Waals surface area contributed by atoms with Gasteiger partial charge in [0.25, 0.3) is 5.91 Å². The molecule has 3 N–H and O–H groups in total. The summed E-state index contributed by atoms with van der Waals surface area (Å²) in [6, 6.07) is 15.8. The number of aromatic nitrogens is 1. The smallest absolute Gasteiger partial charge is 0.267 e. The maximum Gasteiger partial charge on any atom is 0.267 e. The van der Waals surface area contributed by atoms with Crippen LogP contribution in [0.25, 0.3) is 10.9 Å².